The summed E-state index contributed by atoms with van der Waals surface area (Å²) < 4.78 is 0. The zero-order valence-corrected chi connectivity index (χ0v) is 8.99. The van der Waals surface area contributed by atoms with Crippen LogP contribution in [0.2, 0.25) is 0 Å². The summed E-state index contributed by atoms with van der Waals surface area (Å²) in [6.07, 6.45) is 2.47. The highest BCUT2D eigenvalue weighted by molar-refractivity contribution is 7.80. The smallest absolute Gasteiger partial charge is 0.328 e. The van der Waals surface area contributed by atoms with Gasteiger partial charge in [-0.15, -0.1) is 12.6 Å². The Bertz CT molecular complexity index is 435. The second kappa shape index (κ2) is 4.79. The molecular formula is C11H10O3S. The third-order valence-corrected chi connectivity index (χ3v) is 2.23. The van der Waals surface area contributed by atoms with Crippen LogP contribution in [0, 0.1) is 0 Å². The number of hydrogen-bond acceptors (Lipinski definition) is 3. The van der Waals surface area contributed by atoms with E-state index in [4.69, 9.17) is 5.11 Å². The van der Waals surface area contributed by atoms with Crippen LogP contribution in [0.4, 0.5) is 0 Å². The lowest BCUT2D eigenvalue weighted by Crippen LogP contribution is -1.92. The first-order valence-corrected chi connectivity index (χ1v) is 4.70. The predicted molar refractivity (Wildman–Crippen MR) is 60.4 cm³/mol. The monoisotopic (exact) mass is 222 g/mol. The van der Waals surface area contributed by atoms with Crippen molar-refractivity contribution >= 4 is 30.5 Å². The van der Waals surface area contributed by atoms with Gasteiger partial charge in [-0.1, -0.05) is 12.1 Å². The summed E-state index contributed by atoms with van der Waals surface area (Å²) in [6, 6.07) is 4.93. The highest BCUT2D eigenvalue weighted by Crippen LogP contribution is 2.17. The molecule has 1 N–H and O–H groups in total. The van der Waals surface area contributed by atoms with Crippen molar-refractivity contribution in [1.29, 1.82) is 0 Å². The van der Waals surface area contributed by atoms with E-state index in [1.54, 1.807) is 18.2 Å². The van der Waals surface area contributed by atoms with E-state index in [2.05, 4.69) is 12.6 Å². The van der Waals surface area contributed by atoms with Crippen LogP contribution in [0.15, 0.2) is 29.2 Å². The van der Waals surface area contributed by atoms with Gasteiger partial charge in [0.05, 0.1) is 0 Å². The van der Waals surface area contributed by atoms with Gasteiger partial charge in [0.15, 0.2) is 5.78 Å². The molecule has 1 aromatic carbocycles. The van der Waals surface area contributed by atoms with Crippen LogP contribution in [0.25, 0.3) is 6.08 Å². The molecule has 15 heavy (non-hydrogen) atoms. The van der Waals surface area contributed by atoms with Crippen molar-refractivity contribution in [2.45, 2.75) is 11.8 Å². The molecule has 0 bridgehead atoms. The third kappa shape index (κ3) is 3.25. The van der Waals surface area contributed by atoms with Crippen molar-refractivity contribution in [1.82, 2.24) is 0 Å². The van der Waals surface area contributed by atoms with Crippen molar-refractivity contribution in [2.24, 2.45) is 0 Å². The van der Waals surface area contributed by atoms with Gasteiger partial charge in [-0.25, -0.2) is 4.79 Å². The minimum Gasteiger partial charge on any atom is -0.478 e. The number of aliphatic carboxylic acids is 1. The second-order valence-corrected chi connectivity index (χ2v) is 3.48. The van der Waals surface area contributed by atoms with E-state index in [0.717, 1.165) is 6.08 Å². The van der Waals surface area contributed by atoms with Crippen molar-refractivity contribution in [3.8, 4) is 0 Å². The number of carbonyl (C=O) groups excluding carboxylic acids is 1. The molecule has 0 atom stereocenters. The summed E-state index contributed by atoms with van der Waals surface area (Å²) in [5.74, 6) is -1.06. The van der Waals surface area contributed by atoms with Crippen molar-refractivity contribution in [3.05, 3.63) is 35.4 Å². The lowest BCUT2D eigenvalue weighted by Gasteiger charge is -2.01. The van der Waals surface area contributed by atoms with Crippen LogP contribution in [-0.2, 0) is 4.79 Å². The Morgan fingerprint density at radius 2 is 2.07 bits per heavy atom. The summed E-state index contributed by atoms with van der Waals surface area (Å²) in [4.78, 5) is 21.9. The van der Waals surface area contributed by atoms with Gasteiger partial charge in [-0.2, -0.15) is 0 Å². The number of rotatable bonds is 3. The van der Waals surface area contributed by atoms with Crippen molar-refractivity contribution in [2.75, 3.05) is 0 Å². The van der Waals surface area contributed by atoms with E-state index >= 15 is 0 Å². The molecule has 1 aromatic rings. The number of carboxylic acid groups (broad SMARTS) is 1. The Balaban J connectivity index is 3.03. The van der Waals surface area contributed by atoms with Gasteiger partial charge in [-0.05, 0) is 24.6 Å². The molecule has 0 aromatic heterocycles. The van der Waals surface area contributed by atoms with Gasteiger partial charge in [0.1, 0.15) is 0 Å². The molecule has 0 spiro atoms. The van der Waals surface area contributed by atoms with Crippen LogP contribution in [-0.4, -0.2) is 16.9 Å². The van der Waals surface area contributed by atoms with E-state index in [-0.39, 0.29) is 5.78 Å². The van der Waals surface area contributed by atoms with Gasteiger partial charge in [0, 0.05) is 16.5 Å². The zero-order chi connectivity index (χ0) is 11.4. The fourth-order valence-corrected chi connectivity index (χ4v) is 1.35. The molecule has 0 amide bonds. The average molecular weight is 222 g/mol. The maximum absolute atomic E-state index is 11.0. The topological polar surface area (TPSA) is 54.4 Å². The molecule has 1 rings (SSSR count). The van der Waals surface area contributed by atoms with Gasteiger partial charge in [0.2, 0.25) is 0 Å². The Labute approximate surface area is 92.8 Å². The Morgan fingerprint density at radius 3 is 2.53 bits per heavy atom. The Hall–Kier alpha value is -1.55. The molecule has 0 saturated carbocycles. The van der Waals surface area contributed by atoms with E-state index in [1.165, 1.54) is 13.0 Å². The number of hydrogen-bond donors (Lipinski definition) is 2. The van der Waals surface area contributed by atoms with E-state index in [0.29, 0.717) is 16.0 Å². The maximum Gasteiger partial charge on any atom is 0.328 e. The minimum atomic E-state index is -1.02. The largest absolute Gasteiger partial charge is 0.478 e. The lowest BCUT2D eigenvalue weighted by molar-refractivity contribution is -0.131. The number of Topliss-reactive ketones (excluding diaryl/α,β-unsaturated/α-hetero) is 1. The second-order valence-electron chi connectivity index (χ2n) is 3.00. The van der Waals surface area contributed by atoms with Crippen molar-refractivity contribution in [3.63, 3.8) is 0 Å². The molecule has 0 aliphatic carbocycles. The number of ketones is 1. The van der Waals surface area contributed by atoms with Gasteiger partial charge >= 0.3 is 5.97 Å². The summed E-state index contributed by atoms with van der Waals surface area (Å²) in [7, 11) is 0. The Morgan fingerprint density at radius 1 is 1.40 bits per heavy atom. The van der Waals surface area contributed by atoms with E-state index in [9.17, 15) is 9.59 Å². The summed E-state index contributed by atoms with van der Waals surface area (Å²) in [5, 5.41) is 8.44. The molecule has 0 unspecified atom stereocenters. The van der Waals surface area contributed by atoms with Crippen LogP contribution < -0.4 is 0 Å². The number of thiol groups is 1. The lowest BCUT2D eigenvalue weighted by atomic mass is 10.1. The first-order chi connectivity index (χ1) is 7.00. The Kier molecular flexibility index (Phi) is 3.68. The van der Waals surface area contributed by atoms with Crippen LogP contribution in [0.5, 0.6) is 0 Å². The fraction of sp³-hybridized carbons (Fsp3) is 0.0909. The SMILES string of the molecule is CC(=O)c1ccc(/C=C/C(=O)O)c(S)c1. The minimum absolute atomic E-state index is 0.0425. The molecule has 0 aliphatic heterocycles. The van der Waals surface area contributed by atoms with E-state index in [1.807, 2.05) is 0 Å². The van der Waals surface area contributed by atoms with Crippen molar-refractivity contribution < 1.29 is 14.7 Å². The zero-order valence-electron chi connectivity index (χ0n) is 8.10. The third-order valence-electron chi connectivity index (χ3n) is 1.84. The molecule has 0 heterocycles. The summed E-state index contributed by atoms with van der Waals surface area (Å²) >= 11 is 4.17. The molecule has 4 heteroatoms. The quantitative estimate of drug-likeness (QED) is 0.468. The number of carbonyl (C=O) groups is 2. The molecule has 0 fully saturated rings. The molecule has 0 radical (unpaired) electrons. The highest BCUT2D eigenvalue weighted by Gasteiger charge is 2.02. The highest BCUT2D eigenvalue weighted by atomic mass is 32.1. The van der Waals surface area contributed by atoms with E-state index < -0.39 is 5.97 Å². The predicted octanol–water partition coefficient (Wildman–Crippen LogP) is 2.28. The summed E-state index contributed by atoms with van der Waals surface area (Å²) in [5.41, 5.74) is 1.23. The van der Waals surface area contributed by atoms with Gasteiger partial charge in [-0.3, -0.25) is 4.79 Å². The van der Waals surface area contributed by atoms with Gasteiger partial charge in [0.25, 0.3) is 0 Å². The first kappa shape index (κ1) is 11.5. The normalized spacial score (nSPS) is 10.5. The van der Waals surface area contributed by atoms with Crippen LogP contribution in [0.3, 0.4) is 0 Å². The standard InChI is InChI=1S/C11H10O3S/c1-7(12)9-3-2-8(10(15)6-9)4-5-11(13)14/h2-6,15H,1H3,(H,13,14)/b5-4+. The number of benzene rings is 1. The number of carboxylic acids is 1. The molecular weight excluding hydrogens is 212 g/mol. The molecule has 0 saturated heterocycles. The van der Waals surface area contributed by atoms with Crippen LogP contribution in [0.1, 0.15) is 22.8 Å². The maximum atomic E-state index is 11.0. The fourth-order valence-electron chi connectivity index (χ4n) is 1.06. The van der Waals surface area contributed by atoms with Crippen LogP contribution >= 0.6 is 12.6 Å². The first-order valence-electron chi connectivity index (χ1n) is 4.25. The molecule has 0 aliphatic rings. The van der Waals surface area contributed by atoms with Gasteiger partial charge < -0.3 is 5.11 Å². The summed E-state index contributed by atoms with van der Waals surface area (Å²) in [6.45, 7) is 1.47. The molecule has 3 nitrogen and oxygen atoms in total. The average Bonchev–Trinajstić information content (AvgIpc) is 2.15. The molecule has 78 valence electrons.